The quantitative estimate of drug-likeness (QED) is 0.699. The van der Waals surface area contributed by atoms with Gasteiger partial charge in [-0.25, -0.2) is 0 Å². The molecule has 3 nitrogen and oxygen atoms in total. The third kappa shape index (κ3) is 1.81. The summed E-state index contributed by atoms with van der Waals surface area (Å²) in [5, 5.41) is 3.49. The zero-order valence-electron chi connectivity index (χ0n) is 9.66. The van der Waals surface area contributed by atoms with Crippen molar-refractivity contribution in [1.29, 1.82) is 0 Å². The van der Waals surface area contributed by atoms with E-state index in [2.05, 4.69) is 36.0 Å². The average molecular weight is 197 g/mol. The second kappa shape index (κ2) is 4.17. The summed E-state index contributed by atoms with van der Waals surface area (Å²) in [4.78, 5) is 5.28. The zero-order chi connectivity index (χ0) is 10.1. The van der Waals surface area contributed by atoms with Crippen LogP contribution in [0.4, 0.5) is 0 Å². The first-order chi connectivity index (χ1) is 6.72. The second-order valence-electron chi connectivity index (χ2n) is 4.96. The predicted octanol–water partition coefficient (Wildman–Crippen LogP) is 0.230. The first-order valence-electron chi connectivity index (χ1n) is 5.86. The van der Waals surface area contributed by atoms with Crippen LogP contribution in [0.15, 0.2) is 0 Å². The van der Waals surface area contributed by atoms with Crippen molar-refractivity contribution < 1.29 is 0 Å². The summed E-state index contributed by atoms with van der Waals surface area (Å²) in [6, 6.07) is 1.39. The molecule has 0 aromatic carbocycles. The summed E-state index contributed by atoms with van der Waals surface area (Å²) in [5.74, 6) is 0.727. The molecule has 2 unspecified atom stereocenters. The van der Waals surface area contributed by atoms with Crippen molar-refractivity contribution in [1.82, 2.24) is 15.1 Å². The second-order valence-corrected chi connectivity index (χ2v) is 4.96. The molecule has 3 rings (SSSR count). The molecule has 0 aromatic heterocycles. The molecule has 0 aliphatic carbocycles. The van der Waals surface area contributed by atoms with Gasteiger partial charge in [0.15, 0.2) is 0 Å². The van der Waals surface area contributed by atoms with Crippen LogP contribution in [0.1, 0.15) is 13.8 Å². The SMILES string of the molecule is CNC(C(C)C)C1CN2CCN1CC2. The Kier molecular flexibility index (Phi) is 3.10. The molecular weight excluding hydrogens is 174 g/mol. The highest BCUT2D eigenvalue weighted by Crippen LogP contribution is 2.21. The van der Waals surface area contributed by atoms with Gasteiger partial charge in [-0.2, -0.15) is 0 Å². The highest BCUT2D eigenvalue weighted by molar-refractivity contribution is 4.95. The Labute approximate surface area is 87.4 Å². The van der Waals surface area contributed by atoms with Crippen LogP contribution in [0.5, 0.6) is 0 Å². The van der Waals surface area contributed by atoms with E-state index in [0.717, 1.165) is 12.0 Å². The van der Waals surface area contributed by atoms with Crippen molar-refractivity contribution in [2.24, 2.45) is 5.92 Å². The van der Waals surface area contributed by atoms with Crippen LogP contribution in [-0.2, 0) is 0 Å². The zero-order valence-corrected chi connectivity index (χ0v) is 9.66. The average Bonchev–Trinajstić information content (AvgIpc) is 2.20. The fourth-order valence-corrected chi connectivity index (χ4v) is 2.97. The smallest absolute Gasteiger partial charge is 0.0380 e. The van der Waals surface area contributed by atoms with Gasteiger partial charge in [0.2, 0.25) is 0 Å². The lowest BCUT2D eigenvalue weighted by Crippen LogP contribution is -2.66. The van der Waals surface area contributed by atoms with Crippen molar-refractivity contribution in [3.8, 4) is 0 Å². The van der Waals surface area contributed by atoms with E-state index in [-0.39, 0.29) is 0 Å². The van der Waals surface area contributed by atoms with E-state index < -0.39 is 0 Å². The monoisotopic (exact) mass is 197 g/mol. The number of fused-ring (bicyclic) bond motifs is 3. The van der Waals surface area contributed by atoms with E-state index in [1.54, 1.807) is 0 Å². The first kappa shape index (κ1) is 10.4. The summed E-state index contributed by atoms with van der Waals surface area (Å²) < 4.78 is 0. The minimum atomic E-state index is 0.651. The molecule has 3 saturated heterocycles. The van der Waals surface area contributed by atoms with Gasteiger partial charge >= 0.3 is 0 Å². The number of nitrogens with one attached hydrogen (secondary N) is 1. The standard InChI is InChI=1S/C11H23N3/c1-9(2)11(12-3)10-8-13-4-6-14(10)7-5-13/h9-12H,4-8H2,1-3H3. The fourth-order valence-electron chi connectivity index (χ4n) is 2.97. The summed E-state index contributed by atoms with van der Waals surface area (Å²) in [6.45, 7) is 11.0. The Bertz CT molecular complexity index is 185. The van der Waals surface area contributed by atoms with Crippen LogP contribution < -0.4 is 5.32 Å². The molecular formula is C11H23N3. The molecule has 1 N–H and O–H groups in total. The summed E-state index contributed by atoms with van der Waals surface area (Å²) in [5.41, 5.74) is 0. The van der Waals surface area contributed by atoms with Crippen LogP contribution >= 0.6 is 0 Å². The van der Waals surface area contributed by atoms with Gasteiger partial charge in [-0.1, -0.05) is 13.8 Å². The lowest BCUT2D eigenvalue weighted by Gasteiger charge is -2.51. The Morgan fingerprint density at radius 2 is 1.79 bits per heavy atom. The topological polar surface area (TPSA) is 18.5 Å². The molecule has 3 fully saturated rings. The number of likely N-dealkylation sites (N-methyl/N-ethyl adjacent to an activating group) is 1. The van der Waals surface area contributed by atoms with Gasteiger partial charge in [0, 0.05) is 44.8 Å². The number of hydrogen-bond donors (Lipinski definition) is 1. The van der Waals surface area contributed by atoms with E-state index in [9.17, 15) is 0 Å². The van der Waals surface area contributed by atoms with Crippen molar-refractivity contribution in [2.75, 3.05) is 39.8 Å². The minimum Gasteiger partial charge on any atom is -0.315 e. The molecule has 82 valence electrons. The molecule has 2 atom stereocenters. The van der Waals surface area contributed by atoms with Gasteiger partial charge in [0.25, 0.3) is 0 Å². The third-order valence-electron chi connectivity index (χ3n) is 3.79. The molecule has 3 aliphatic rings. The Hall–Kier alpha value is -0.120. The van der Waals surface area contributed by atoms with Crippen molar-refractivity contribution in [2.45, 2.75) is 25.9 Å². The Morgan fingerprint density at radius 3 is 2.14 bits per heavy atom. The number of rotatable bonds is 3. The summed E-state index contributed by atoms with van der Waals surface area (Å²) in [7, 11) is 2.10. The van der Waals surface area contributed by atoms with Crippen LogP contribution in [0.2, 0.25) is 0 Å². The van der Waals surface area contributed by atoms with Crippen molar-refractivity contribution >= 4 is 0 Å². The lowest BCUT2D eigenvalue weighted by molar-refractivity contribution is -0.00922. The predicted molar refractivity (Wildman–Crippen MR) is 59.5 cm³/mol. The van der Waals surface area contributed by atoms with Gasteiger partial charge in [-0.3, -0.25) is 9.80 Å². The van der Waals surface area contributed by atoms with Crippen LogP contribution in [0.3, 0.4) is 0 Å². The summed E-state index contributed by atoms with van der Waals surface area (Å²) >= 11 is 0. The molecule has 0 aromatic rings. The third-order valence-corrected chi connectivity index (χ3v) is 3.79. The molecule has 0 amide bonds. The molecule has 0 saturated carbocycles. The molecule has 3 heterocycles. The minimum absolute atomic E-state index is 0.651. The maximum Gasteiger partial charge on any atom is 0.0380 e. The lowest BCUT2D eigenvalue weighted by atomic mass is 9.92. The Morgan fingerprint density at radius 1 is 1.14 bits per heavy atom. The number of nitrogens with zero attached hydrogens (tertiary/aromatic N) is 2. The van der Waals surface area contributed by atoms with E-state index >= 15 is 0 Å². The molecule has 3 heteroatoms. The van der Waals surface area contributed by atoms with E-state index in [0.29, 0.717) is 6.04 Å². The maximum absolute atomic E-state index is 3.49. The van der Waals surface area contributed by atoms with Gasteiger partial charge in [0.05, 0.1) is 0 Å². The largest absolute Gasteiger partial charge is 0.315 e. The molecule has 14 heavy (non-hydrogen) atoms. The normalized spacial score (nSPS) is 39.0. The number of hydrogen-bond acceptors (Lipinski definition) is 3. The highest BCUT2D eigenvalue weighted by Gasteiger charge is 2.36. The molecule has 3 aliphatic heterocycles. The van der Waals surface area contributed by atoms with Crippen molar-refractivity contribution in [3.05, 3.63) is 0 Å². The fraction of sp³-hybridized carbons (Fsp3) is 1.00. The van der Waals surface area contributed by atoms with E-state index in [1.165, 1.54) is 32.7 Å². The van der Waals surface area contributed by atoms with Crippen LogP contribution in [0.25, 0.3) is 0 Å². The van der Waals surface area contributed by atoms with Crippen LogP contribution in [-0.4, -0.2) is 61.7 Å². The van der Waals surface area contributed by atoms with Gasteiger partial charge in [0.1, 0.15) is 0 Å². The van der Waals surface area contributed by atoms with Crippen molar-refractivity contribution in [3.63, 3.8) is 0 Å². The van der Waals surface area contributed by atoms with E-state index in [1.807, 2.05) is 0 Å². The Balaban J connectivity index is 2.02. The highest BCUT2D eigenvalue weighted by atomic mass is 15.4. The van der Waals surface area contributed by atoms with Gasteiger partial charge in [-0.05, 0) is 13.0 Å². The van der Waals surface area contributed by atoms with E-state index in [4.69, 9.17) is 0 Å². The van der Waals surface area contributed by atoms with Gasteiger partial charge in [-0.15, -0.1) is 0 Å². The summed E-state index contributed by atoms with van der Waals surface area (Å²) in [6.07, 6.45) is 0. The first-order valence-corrected chi connectivity index (χ1v) is 5.86. The molecule has 0 radical (unpaired) electrons. The van der Waals surface area contributed by atoms with Gasteiger partial charge < -0.3 is 5.32 Å². The molecule has 2 bridgehead atoms. The maximum atomic E-state index is 3.49. The molecule has 0 spiro atoms. The number of piperazine rings is 3. The van der Waals surface area contributed by atoms with Crippen LogP contribution in [0, 0.1) is 5.92 Å².